The van der Waals surface area contributed by atoms with Crippen molar-refractivity contribution in [3.63, 3.8) is 0 Å². The Morgan fingerprint density at radius 3 is 3.00 bits per heavy atom. The van der Waals surface area contributed by atoms with Gasteiger partial charge in [-0.25, -0.2) is 0 Å². The molecule has 1 aliphatic heterocycles. The fraction of sp³-hybridized carbons (Fsp3) is 0.417. The normalized spacial score (nSPS) is 23.6. The van der Waals surface area contributed by atoms with Gasteiger partial charge < -0.3 is 15.8 Å². The van der Waals surface area contributed by atoms with Crippen molar-refractivity contribution in [2.45, 2.75) is 19.4 Å². The number of rotatable bonds is 2. The molecule has 2 atom stereocenters. The predicted molar refractivity (Wildman–Crippen MR) is 68.0 cm³/mol. The van der Waals surface area contributed by atoms with Gasteiger partial charge >= 0.3 is 0 Å². The van der Waals surface area contributed by atoms with E-state index in [4.69, 9.17) is 22.1 Å². The maximum atomic E-state index is 11.9. The van der Waals surface area contributed by atoms with Crippen molar-refractivity contribution < 1.29 is 9.53 Å². The Labute approximate surface area is 105 Å². The monoisotopic (exact) mass is 254 g/mol. The van der Waals surface area contributed by atoms with E-state index < -0.39 is 0 Å². The zero-order valence-corrected chi connectivity index (χ0v) is 10.3. The lowest BCUT2D eigenvalue weighted by Gasteiger charge is -2.11. The second kappa shape index (κ2) is 4.94. The van der Waals surface area contributed by atoms with Crippen molar-refractivity contribution >= 4 is 28.9 Å². The maximum Gasteiger partial charge on any atom is 0.229 e. The molecule has 1 saturated heterocycles. The molecular weight excluding hydrogens is 240 g/mol. The number of ether oxygens (including phenoxy) is 1. The molecule has 1 aromatic carbocycles. The molecule has 2 unspecified atom stereocenters. The number of benzene rings is 1. The summed E-state index contributed by atoms with van der Waals surface area (Å²) < 4.78 is 5.36. The number of carbonyl (C=O) groups is 1. The highest BCUT2D eigenvalue weighted by atomic mass is 35.5. The molecule has 0 aliphatic carbocycles. The number of nitrogens with two attached hydrogens (primary N) is 1. The molecule has 1 fully saturated rings. The quantitative estimate of drug-likeness (QED) is 0.796. The van der Waals surface area contributed by atoms with Crippen LogP contribution in [-0.2, 0) is 9.53 Å². The summed E-state index contributed by atoms with van der Waals surface area (Å²) in [4.78, 5) is 11.9. The first-order chi connectivity index (χ1) is 8.06. The highest BCUT2D eigenvalue weighted by Crippen LogP contribution is 2.26. The fourth-order valence-electron chi connectivity index (χ4n) is 1.87. The molecule has 0 bridgehead atoms. The molecule has 3 N–H and O–H groups in total. The zero-order chi connectivity index (χ0) is 12.4. The highest BCUT2D eigenvalue weighted by molar-refractivity contribution is 6.33. The van der Waals surface area contributed by atoms with E-state index in [-0.39, 0.29) is 17.9 Å². The third kappa shape index (κ3) is 2.90. The van der Waals surface area contributed by atoms with Gasteiger partial charge in [-0.15, -0.1) is 0 Å². The number of carbonyl (C=O) groups excluding carboxylic acids is 1. The summed E-state index contributed by atoms with van der Waals surface area (Å²) in [6, 6.07) is 5.01. The van der Waals surface area contributed by atoms with E-state index in [1.54, 1.807) is 18.2 Å². The summed E-state index contributed by atoms with van der Waals surface area (Å²) in [5, 5.41) is 3.27. The molecule has 0 aromatic heterocycles. The molecule has 4 nitrogen and oxygen atoms in total. The van der Waals surface area contributed by atoms with Crippen LogP contribution in [0, 0.1) is 5.92 Å². The third-order valence-electron chi connectivity index (χ3n) is 2.82. The molecule has 1 aliphatic rings. The van der Waals surface area contributed by atoms with Gasteiger partial charge in [0.05, 0.1) is 29.3 Å². The van der Waals surface area contributed by atoms with E-state index in [1.165, 1.54) is 0 Å². The number of hydrogen-bond acceptors (Lipinski definition) is 3. The van der Waals surface area contributed by atoms with Crippen LogP contribution in [0.5, 0.6) is 0 Å². The van der Waals surface area contributed by atoms with E-state index in [0.29, 0.717) is 23.0 Å². The molecule has 2 rings (SSSR count). The summed E-state index contributed by atoms with van der Waals surface area (Å²) in [6.07, 6.45) is 0.883. The van der Waals surface area contributed by atoms with Crippen molar-refractivity contribution in [1.29, 1.82) is 0 Å². The molecule has 5 heteroatoms. The van der Waals surface area contributed by atoms with Crippen LogP contribution in [0.3, 0.4) is 0 Å². The predicted octanol–water partition coefficient (Wildman–Crippen LogP) is 2.29. The van der Waals surface area contributed by atoms with E-state index >= 15 is 0 Å². The SMILES string of the molecule is CC1CC(C(=O)Nc2cc(N)ccc2Cl)CO1. The summed E-state index contributed by atoms with van der Waals surface area (Å²) >= 11 is 5.97. The van der Waals surface area contributed by atoms with Gasteiger partial charge in [-0.05, 0) is 31.5 Å². The number of nitrogen functional groups attached to an aromatic ring is 1. The van der Waals surface area contributed by atoms with Crippen molar-refractivity contribution in [1.82, 2.24) is 0 Å². The van der Waals surface area contributed by atoms with Crippen LogP contribution in [0.25, 0.3) is 0 Å². The van der Waals surface area contributed by atoms with Gasteiger partial charge in [-0.1, -0.05) is 11.6 Å². The van der Waals surface area contributed by atoms with Gasteiger partial charge in [-0.2, -0.15) is 0 Å². The average Bonchev–Trinajstić information content (AvgIpc) is 2.70. The molecule has 1 amide bonds. The fourth-order valence-corrected chi connectivity index (χ4v) is 2.04. The Kier molecular flexibility index (Phi) is 3.54. The Morgan fingerprint density at radius 1 is 1.59 bits per heavy atom. The van der Waals surface area contributed by atoms with E-state index in [0.717, 1.165) is 6.42 Å². The van der Waals surface area contributed by atoms with Crippen molar-refractivity contribution in [2.75, 3.05) is 17.7 Å². The van der Waals surface area contributed by atoms with Crippen LogP contribution in [0.1, 0.15) is 13.3 Å². The number of halogens is 1. The third-order valence-corrected chi connectivity index (χ3v) is 3.15. The first kappa shape index (κ1) is 12.2. The second-order valence-corrected chi connectivity index (χ2v) is 4.71. The van der Waals surface area contributed by atoms with Crippen LogP contribution < -0.4 is 11.1 Å². The van der Waals surface area contributed by atoms with Gasteiger partial charge in [0.25, 0.3) is 0 Å². The Balaban J connectivity index is 2.05. The van der Waals surface area contributed by atoms with E-state index in [1.807, 2.05) is 6.92 Å². The molecule has 92 valence electrons. The lowest BCUT2D eigenvalue weighted by atomic mass is 10.1. The van der Waals surface area contributed by atoms with Gasteiger partial charge in [-0.3, -0.25) is 4.79 Å². The molecule has 0 saturated carbocycles. The van der Waals surface area contributed by atoms with Gasteiger partial charge in [0.2, 0.25) is 5.91 Å². The number of hydrogen-bond donors (Lipinski definition) is 2. The van der Waals surface area contributed by atoms with E-state index in [2.05, 4.69) is 5.32 Å². The molecule has 0 spiro atoms. The largest absolute Gasteiger partial charge is 0.399 e. The first-order valence-corrected chi connectivity index (χ1v) is 5.91. The second-order valence-electron chi connectivity index (χ2n) is 4.31. The standard InChI is InChI=1S/C12H15ClN2O2/c1-7-4-8(6-17-7)12(16)15-11-5-9(14)2-3-10(11)13/h2-3,5,7-8H,4,6,14H2,1H3,(H,15,16). The van der Waals surface area contributed by atoms with Crippen LogP contribution in [0.4, 0.5) is 11.4 Å². The van der Waals surface area contributed by atoms with Gasteiger partial charge in [0.15, 0.2) is 0 Å². The smallest absolute Gasteiger partial charge is 0.229 e. The lowest BCUT2D eigenvalue weighted by molar-refractivity contribution is -0.119. The van der Waals surface area contributed by atoms with Crippen LogP contribution in [0.2, 0.25) is 5.02 Å². The molecule has 17 heavy (non-hydrogen) atoms. The zero-order valence-electron chi connectivity index (χ0n) is 9.57. The van der Waals surface area contributed by atoms with Gasteiger partial charge in [0, 0.05) is 5.69 Å². The molecule has 0 radical (unpaired) electrons. The van der Waals surface area contributed by atoms with Crippen LogP contribution in [0.15, 0.2) is 18.2 Å². The Hall–Kier alpha value is -1.26. The number of amides is 1. The van der Waals surface area contributed by atoms with Crippen LogP contribution in [-0.4, -0.2) is 18.6 Å². The van der Waals surface area contributed by atoms with Crippen molar-refractivity contribution in [3.05, 3.63) is 23.2 Å². The topological polar surface area (TPSA) is 64.4 Å². The van der Waals surface area contributed by atoms with Gasteiger partial charge in [0.1, 0.15) is 0 Å². The summed E-state index contributed by atoms with van der Waals surface area (Å²) in [7, 11) is 0. The summed E-state index contributed by atoms with van der Waals surface area (Å²) in [5.74, 6) is -0.177. The summed E-state index contributed by atoms with van der Waals surface area (Å²) in [6.45, 7) is 2.42. The maximum absolute atomic E-state index is 11.9. The molecule has 1 aromatic rings. The minimum absolute atomic E-state index is 0.0677. The minimum atomic E-state index is -0.109. The molecule has 1 heterocycles. The average molecular weight is 255 g/mol. The van der Waals surface area contributed by atoms with Crippen LogP contribution >= 0.6 is 11.6 Å². The summed E-state index contributed by atoms with van der Waals surface area (Å²) in [5.41, 5.74) is 6.77. The first-order valence-electron chi connectivity index (χ1n) is 5.53. The number of nitrogens with one attached hydrogen (secondary N) is 1. The highest BCUT2D eigenvalue weighted by Gasteiger charge is 2.28. The lowest BCUT2D eigenvalue weighted by Crippen LogP contribution is -2.23. The van der Waals surface area contributed by atoms with Crippen molar-refractivity contribution in [2.24, 2.45) is 5.92 Å². The van der Waals surface area contributed by atoms with Crippen molar-refractivity contribution in [3.8, 4) is 0 Å². The van der Waals surface area contributed by atoms with E-state index in [9.17, 15) is 4.79 Å². The Bertz CT molecular complexity index is 437. The Morgan fingerprint density at radius 2 is 2.35 bits per heavy atom. The minimum Gasteiger partial charge on any atom is -0.399 e. The number of anilines is 2. The molecular formula is C12H15ClN2O2.